The van der Waals surface area contributed by atoms with Crippen molar-refractivity contribution >= 4 is 12.2 Å². The molecule has 0 aromatic heterocycles. The molecular weight excluding hydrogens is 216 g/mol. The van der Waals surface area contributed by atoms with E-state index in [-0.39, 0.29) is 11.5 Å². The number of carbonyl (C=O) groups excluding carboxylic acids is 1. The summed E-state index contributed by atoms with van der Waals surface area (Å²) < 4.78 is 5.21. The Morgan fingerprint density at radius 1 is 1.53 bits per heavy atom. The molecule has 0 N–H and O–H groups in total. The summed E-state index contributed by atoms with van der Waals surface area (Å²) >= 11 is 0. The molecule has 0 radical (unpaired) electrons. The van der Waals surface area contributed by atoms with E-state index in [1.54, 1.807) is 12.3 Å². The van der Waals surface area contributed by atoms with Crippen LogP contribution in [-0.4, -0.2) is 22.6 Å². The average Bonchev–Trinajstić information content (AvgIpc) is 2.26. The summed E-state index contributed by atoms with van der Waals surface area (Å²) in [5.74, 6) is 0.285. The molecule has 3 aliphatic rings. The fraction of sp³-hybridized carbons (Fsp3) is 0.385. The molecule has 2 aliphatic heterocycles. The predicted octanol–water partition coefficient (Wildman–Crippen LogP) is 2.11. The lowest BCUT2D eigenvalue weighted by Crippen LogP contribution is -2.54. The van der Waals surface area contributed by atoms with Crippen molar-refractivity contribution in [2.75, 3.05) is 0 Å². The highest BCUT2D eigenvalue weighted by Gasteiger charge is 2.44. The topological polar surface area (TPSA) is 41.9 Å². The number of aliphatic imine (C=N–C) groups is 1. The fourth-order valence-corrected chi connectivity index (χ4v) is 2.47. The van der Waals surface area contributed by atoms with Crippen LogP contribution in [0.4, 0.5) is 0 Å². The molecule has 1 spiro atoms. The maximum absolute atomic E-state index is 11.1. The van der Waals surface area contributed by atoms with Crippen LogP contribution in [0.25, 0.3) is 0 Å². The maximum Gasteiger partial charge on any atom is 0.308 e. The average molecular weight is 230 g/mol. The normalized spacial score (nSPS) is 23.7. The van der Waals surface area contributed by atoms with Crippen molar-refractivity contribution in [1.82, 2.24) is 4.90 Å². The minimum Gasteiger partial charge on any atom is -0.424 e. The zero-order valence-corrected chi connectivity index (χ0v) is 9.72. The van der Waals surface area contributed by atoms with Gasteiger partial charge in [0.25, 0.3) is 0 Å². The van der Waals surface area contributed by atoms with Gasteiger partial charge in [-0.1, -0.05) is 0 Å². The van der Waals surface area contributed by atoms with Crippen LogP contribution in [0.1, 0.15) is 26.2 Å². The summed E-state index contributed by atoms with van der Waals surface area (Å²) in [6, 6.07) is 0. The molecule has 0 aromatic carbocycles. The fourth-order valence-electron chi connectivity index (χ4n) is 2.47. The van der Waals surface area contributed by atoms with Gasteiger partial charge in [-0.2, -0.15) is 0 Å². The monoisotopic (exact) mass is 230 g/mol. The number of fused-ring (bicyclic) bond motifs is 2. The van der Waals surface area contributed by atoms with Crippen molar-refractivity contribution in [3.05, 3.63) is 36.0 Å². The van der Waals surface area contributed by atoms with Crippen LogP contribution in [0.2, 0.25) is 0 Å². The third-order valence-electron chi connectivity index (χ3n) is 3.46. The molecule has 17 heavy (non-hydrogen) atoms. The van der Waals surface area contributed by atoms with Crippen molar-refractivity contribution in [2.24, 2.45) is 4.99 Å². The third kappa shape index (κ3) is 1.52. The summed E-state index contributed by atoms with van der Waals surface area (Å²) in [6.45, 7) is 1.41. The SMILES string of the molecule is CC(=O)OC1=CC=CN2C1=CN=CC21CCC1. The van der Waals surface area contributed by atoms with E-state index in [0.29, 0.717) is 5.76 Å². The molecule has 0 aromatic rings. The summed E-state index contributed by atoms with van der Waals surface area (Å²) in [6.07, 6.45) is 12.9. The number of esters is 1. The Bertz CT molecular complexity index is 482. The van der Waals surface area contributed by atoms with Crippen molar-refractivity contribution in [2.45, 2.75) is 31.7 Å². The minimum absolute atomic E-state index is 0.0141. The van der Waals surface area contributed by atoms with E-state index in [1.165, 1.54) is 13.3 Å². The van der Waals surface area contributed by atoms with Gasteiger partial charge in [-0.25, -0.2) is 0 Å². The number of hydrogen-bond donors (Lipinski definition) is 0. The smallest absolute Gasteiger partial charge is 0.308 e. The van der Waals surface area contributed by atoms with E-state index in [2.05, 4.69) is 9.89 Å². The molecule has 88 valence electrons. The van der Waals surface area contributed by atoms with Crippen LogP contribution in [0, 0.1) is 0 Å². The van der Waals surface area contributed by atoms with Crippen molar-refractivity contribution < 1.29 is 9.53 Å². The molecule has 1 saturated carbocycles. The van der Waals surface area contributed by atoms with Crippen LogP contribution in [0.5, 0.6) is 0 Å². The van der Waals surface area contributed by atoms with Crippen molar-refractivity contribution in [3.63, 3.8) is 0 Å². The van der Waals surface area contributed by atoms with E-state index in [0.717, 1.165) is 18.5 Å². The summed E-state index contributed by atoms with van der Waals surface area (Å²) in [4.78, 5) is 17.5. The van der Waals surface area contributed by atoms with Gasteiger partial charge in [0.05, 0.1) is 11.7 Å². The molecule has 0 atom stereocenters. The lowest BCUT2D eigenvalue weighted by Gasteiger charge is -2.50. The van der Waals surface area contributed by atoms with E-state index >= 15 is 0 Å². The van der Waals surface area contributed by atoms with Gasteiger partial charge in [-0.15, -0.1) is 0 Å². The Labute approximate surface area is 100.0 Å². The molecule has 0 unspecified atom stereocenters. The third-order valence-corrected chi connectivity index (χ3v) is 3.46. The van der Waals surface area contributed by atoms with Gasteiger partial charge in [0.1, 0.15) is 5.70 Å². The second-order valence-electron chi connectivity index (χ2n) is 4.59. The van der Waals surface area contributed by atoms with Crippen LogP contribution < -0.4 is 0 Å². The van der Waals surface area contributed by atoms with Crippen molar-refractivity contribution in [1.29, 1.82) is 0 Å². The van der Waals surface area contributed by atoms with E-state index in [9.17, 15) is 4.79 Å². The highest BCUT2D eigenvalue weighted by Crippen LogP contribution is 2.43. The minimum atomic E-state index is -0.301. The maximum atomic E-state index is 11.1. The van der Waals surface area contributed by atoms with Gasteiger partial charge in [0.15, 0.2) is 5.76 Å². The molecule has 0 amide bonds. The Morgan fingerprint density at radius 2 is 2.35 bits per heavy atom. The summed E-state index contributed by atoms with van der Waals surface area (Å²) in [5, 5.41) is 0. The van der Waals surface area contributed by atoms with Gasteiger partial charge in [0, 0.05) is 19.3 Å². The Kier molecular flexibility index (Phi) is 2.18. The number of allylic oxidation sites excluding steroid dienone is 2. The van der Waals surface area contributed by atoms with E-state index < -0.39 is 0 Å². The van der Waals surface area contributed by atoms with Gasteiger partial charge < -0.3 is 9.64 Å². The highest BCUT2D eigenvalue weighted by molar-refractivity contribution is 5.76. The van der Waals surface area contributed by atoms with E-state index in [4.69, 9.17) is 4.74 Å². The van der Waals surface area contributed by atoms with Gasteiger partial charge in [0.2, 0.25) is 0 Å². The Hall–Kier alpha value is -1.84. The number of hydrogen-bond acceptors (Lipinski definition) is 4. The molecule has 0 bridgehead atoms. The molecule has 4 heteroatoms. The first kappa shape index (κ1) is 10.3. The van der Waals surface area contributed by atoms with Crippen LogP contribution in [-0.2, 0) is 9.53 Å². The predicted molar refractivity (Wildman–Crippen MR) is 64.0 cm³/mol. The van der Waals surface area contributed by atoms with Crippen molar-refractivity contribution in [3.8, 4) is 0 Å². The standard InChI is InChI=1S/C13H14N2O2/c1-10(16)17-12-4-2-7-15-11(12)8-14-9-13(15)5-3-6-13/h2,4,7-9H,3,5-6H2,1H3. The van der Waals surface area contributed by atoms with Gasteiger partial charge >= 0.3 is 5.97 Å². The second-order valence-corrected chi connectivity index (χ2v) is 4.59. The molecular formula is C13H14N2O2. The molecule has 1 aliphatic carbocycles. The first-order chi connectivity index (χ1) is 8.21. The zero-order chi connectivity index (χ0) is 11.9. The number of ether oxygens (including phenoxy) is 1. The van der Waals surface area contributed by atoms with Crippen LogP contribution in [0.15, 0.2) is 41.0 Å². The first-order valence-electron chi connectivity index (χ1n) is 5.82. The Morgan fingerprint density at radius 3 is 3.00 bits per heavy atom. The Balaban J connectivity index is 1.94. The molecule has 4 nitrogen and oxygen atoms in total. The highest BCUT2D eigenvalue weighted by atomic mass is 16.5. The lowest BCUT2D eigenvalue weighted by atomic mass is 9.75. The largest absolute Gasteiger partial charge is 0.424 e. The summed E-state index contributed by atoms with van der Waals surface area (Å²) in [7, 11) is 0. The number of nitrogens with zero attached hydrogens (tertiary/aromatic N) is 2. The quantitative estimate of drug-likeness (QED) is 0.648. The van der Waals surface area contributed by atoms with Gasteiger partial charge in [-0.3, -0.25) is 9.79 Å². The van der Waals surface area contributed by atoms with E-state index in [1.807, 2.05) is 18.5 Å². The summed E-state index contributed by atoms with van der Waals surface area (Å²) in [5.41, 5.74) is 0.894. The second kappa shape index (κ2) is 3.58. The lowest BCUT2D eigenvalue weighted by molar-refractivity contribution is -0.136. The molecule has 1 fully saturated rings. The van der Waals surface area contributed by atoms with Gasteiger partial charge in [-0.05, 0) is 31.4 Å². The molecule has 2 heterocycles. The first-order valence-corrected chi connectivity index (χ1v) is 5.82. The molecule has 3 rings (SSSR count). The number of carbonyl (C=O) groups is 1. The molecule has 0 saturated heterocycles. The zero-order valence-electron chi connectivity index (χ0n) is 9.72. The number of rotatable bonds is 1. The van der Waals surface area contributed by atoms with Crippen LogP contribution in [0.3, 0.4) is 0 Å². The van der Waals surface area contributed by atoms with Crippen LogP contribution >= 0.6 is 0 Å².